The maximum absolute atomic E-state index is 7.03. The smallest absolute Gasteiger partial charge is 0.319 e. The first-order valence-corrected chi connectivity index (χ1v) is 13.8. The van der Waals surface area contributed by atoms with Gasteiger partial charge in [0.1, 0.15) is 5.75 Å². The minimum absolute atomic E-state index is 0.0470. The molecule has 1 aliphatic rings. The third-order valence-electron chi connectivity index (χ3n) is 7.17. The summed E-state index contributed by atoms with van der Waals surface area (Å²) in [5.74, 6) is 0.920. The molecule has 3 aromatic carbocycles. The average Bonchev–Trinajstić information content (AvgIpc) is 2.82. The van der Waals surface area contributed by atoms with E-state index in [0.717, 1.165) is 18.6 Å². The number of fused-ring (bicyclic) bond motifs is 1. The van der Waals surface area contributed by atoms with E-state index in [9.17, 15) is 0 Å². The number of benzene rings is 3. The summed E-state index contributed by atoms with van der Waals surface area (Å²) in [7, 11) is -0.848. The first-order valence-electron chi connectivity index (χ1n) is 11.9. The van der Waals surface area contributed by atoms with Crippen molar-refractivity contribution in [3.05, 3.63) is 102 Å². The molecule has 0 aliphatic heterocycles. The Morgan fingerprint density at radius 3 is 2.03 bits per heavy atom. The van der Waals surface area contributed by atoms with Gasteiger partial charge in [-0.1, -0.05) is 94.4 Å². The normalized spacial score (nSPS) is 18.7. The zero-order valence-electron chi connectivity index (χ0n) is 20.6. The van der Waals surface area contributed by atoms with Crippen LogP contribution in [0.5, 0.6) is 5.75 Å². The fourth-order valence-electron chi connectivity index (χ4n) is 5.36. The van der Waals surface area contributed by atoms with Crippen LogP contribution >= 0.6 is 0 Å². The molecule has 0 saturated heterocycles. The van der Waals surface area contributed by atoms with Gasteiger partial charge in [-0.25, -0.2) is 0 Å². The highest BCUT2D eigenvalue weighted by atomic mass is 28.4. The number of allylic oxidation sites excluding steroid dienone is 1. The van der Waals surface area contributed by atoms with Crippen LogP contribution in [0.3, 0.4) is 0 Å². The van der Waals surface area contributed by atoms with Gasteiger partial charge in [0.05, 0.1) is 13.4 Å². The quantitative estimate of drug-likeness (QED) is 0.316. The molecule has 3 aromatic rings. The highest BCUT2D eigenvalue weighted by Crippen LogP contribution is 2.41. The summed E-state index contributed by atoms with van der Waals surface area (Å²) in [6.07, 6.45) is 7.72. The Morgan fingerprint density at radius 1 is 0.879 bits per heavy atom. The molecule has 4 rings (SSSR count). The minimum atomic E-state index is -2.59. The predicted molar refractivity (Wildman–Crippen MR) is 141 cm³/mol. The van der Waals surface area contributed by atoms with Gasteiger partial charge in [-0.3, -0.25) is 0 Å². The van der Waals surface area contributed by atoms with Crippen molar-refractivity contribution in [2.24, 2.45) is 0 Å². The van der Waals surface area contributed by atoms with Crippen LogP contribution in [0.4, 0.5) is 0 Å². The van der Waals surface area contributed by atoms with Crippen LogP contribution in [0.2, 0.25) is 5.04 Å². The Labute approximate surface area is 200 Å². The van der Waals surface area contributed by atoms with Gasteiger partial charge in [0.15, 0.2) is 0 Å². The molecule has 33 heavy (non-hydrogen) atoms. The van der Waals surface area contributed by atoms with E-state index < -0.39 is 8.32 Å². The second-order valence-corrected chi connectivity index (χ2v) is 14.6. The first kappa shape index (κ1) is 23.4. The molecule has 0 unspecified atom stereocenters. The maximum Gasteiger partial charge on any atom is 0.319 e. The second kappa shape index (κ2) is 9.22. The van der Waals surface area contributed by atoms with E-state index in [1.54, 1.807) is 7.11 Å². The minimum Gasteiger partial charge on any atom is -0.540 e. The van der Waals surface area contributed by atoms with Crippen molar-refractivity contribution >= 4 is 18.7 Å². The molecular weight excluding hydrogens is 420 g/mol. The third kappa shape index (κ3) is 4.39. The lowest BCUT2D eigenvalue weighted by molar-refractivity contribution is 0.405. The number of ether oxygens (including phenoxy) is 1. The van der Waals surface area contributed by atoms with E-state index in [1.165, 1.54) is 27.9 Å². The number of methoxy groups -OCH3 is 1. The number of hydrogen-bond donors (Lipinski definition) is 0. The van der Waals surface area contributed by atoms with Crippen LogP contribution in [0.15, 0.2) is 91.2 Å². The monoisotopic (exact) mass is 456 g/mol. The van der Waals surface area contributed by atoms with Crippen LogP contribution in [0, 0.1) is 0 Å². The Hall–Kier alpha value is -2.78. The fraction of sp³-hybridized carbons (Fsp3) is 0.333. The van der Waals surface area contributed by atoms with E-state index in [2.05, 4.69) is 113 Å². The van der Waals surface area contributed by atoms with Crippen molar-refractivity contribution in [3.8, 4) is 5.75 Å². The molecule has 1 atom stereocenters. The molecule has 0 saturated carbocycles. The van der Waals surface area contributed by atoms with Crippen molar-refractivity contribution in [1.82, 2.24) is 0 Å². The van der Waals surface area contributed by atoms with Gasteiger partial charge in [-0.2, -0.15) is 0 Å². The standard InChI is InChI=1S/C30H36O2Si/c1-29(2,3)33(26-14-8-6-9-15-26,27-16-10-7-11-17-27)32-22-21-30(4)20-12-13-24-18-19-25(31-5)23-28(24)30/h6-11,14-19,21-23H,12-13,20H2,1-5H3/b22-21+/t30-/m1/s1. The van der Waals surface area contributed by atoms with Gasteiger partial charge in [-0.15, -0.1) is 0 Å². The Morgan fingerprint density at radius 2 is 1.48 bits per heavy atom. The summed E-state index contributed by atoms with van der Waals surface area (Å²) < 4.78 is 12.6. The lowest BCUT2D eigenvalue weighted by Gasteiger charge is -2.42. The molecular formula is C30H36O2Si. The van der Waals surface area contributed by atoms with E-state index in [4.69, 9.17) is 9.16 Å². The number of aryl methyl sites for hydroxylation is 1. The van der Waals surface area contributed by atoms with E-state index >= 15 is 0 Å². The van der Waals surface area contributed by atoms with Gasteiger partial charge in [0, 0.05) is 5.41 Å². The van der Waals surface area contributed by atoms with Crippen LogP contribution in [0.25, 0.3) is 0 Å². The number of rotatable bonds is 6. The maximum atomic E-state index is 7.03. The third-order valence-corrected chi connectivity index (χ3v) is 12.1. The molecule has 3 heteroatoms. The second-order valence-electron chi connectivity index (χ2n) is 10.4. The summed E-state index contributed by atoms with van der Waals surface area (Å²) in [6.45, 7) is 9.27. The van der Waals surface area contributed by atoms with Crippen LogP contribution in [0.1, 0.15) is 51.7 Å². The van der Waals surface area contributed by atoms with Crippen molar-refractivity contribution < 1.29 is 9.16 Å². The molecule has 0 spiro atoms. The summed E-state index contributed by atoms with van der Waals surface area (Å²) in [6, 6.07) is 28.1. The molecule has 172 valence electrons. The molecule has 0 bridgehead atoms. The highest BCUT2D eigenvalue weighted by Gasteiger charge is 2.51. The lowest BCUT2D eigenvalue weighted by atomic mass is 9.71. The summed E-state index contributed by atoms with van der Waals surface area (Å²) in [5, 5.41) is 2.54. The number of hydrogen-bond acceptors (Lipinski definition) is 2. The lowest BCUT2D eigenvalue weighted by Crippen LogP contribution is -2.65. The summed E-state index contributed by atoms with van der Waals surface area (Å²) in [4.78, 5) is 0. The van der Waals surface area contributed by atoms with Gasteiger partial charge in [-0.05, 0) is 64.0 Å². The van der Waals surface area contributed by atoms with E-state index in [1.807, 2.05) is 6.26 Å². The van der Waals surface area contributed by atoms with Crippen molar-refractivity contribution in [1.29, 1.82) is 0 Å². The van der Waals surface area contributed by atoms with Crippen molar-refractivity contribution in [2.75, 3.05) is 7.11 Å². The predicted octanol–water partition coefficient (Wildman–Crippen LogP) is 6.38. The topological polar surface area (TPSA) is 18.5 Å². The Bertz CT molecular complexity index is 1060. The highest BCUT2D eigenvalue weighted by molar-refractivity contribution is 6.99. The van der Waals surface area contributed by atoms with E-state index in [0.29, 0.717) is 0 Å². The van der Waals surface area contributed by atoms with Crippen LogP contribution in [-0.4, -0.2) is 15.4 Å². The van der Waals surface area contributed by atoms with Crippen molar-refractivity contribution in [3.63, 3.8) is 0 Å². The van der Waals surface area contributed by atoms with Crippen LogP contribution in [-0.2, 0) is 16.3 Å². The summed E-state index contributed by atoms with van der Waals surface area (Å²) >= 11 is 0. The Kier molecular flexibility index (Phi) is 6.53. The zero-order valence-corrected chi connectivity index (χ0v) is 21.6. The molecule has 0 heterocycles. The van der Waals surface area contributed by atoms with Gasteiger partial charge < -0.3 is 9.16 Å². The molecule has 0 amide bonds. The molecule has 0 radical (unpaired) electrons. The summed E-state index contributed by atoms with van der Waals surface area (Å²) in [5.41, 5.74) is 2.70. The SMILES string of the molecule is COc1ccc2c(c1)[C@@](C)(/C=C/O[Si](c1ccccc1)(c1ccccc1)C(C)(C)C)CCC2. The average molecular weight is 457 g/mol. The molecule has 1 aliphatic carbocycles. The Balaban J connectivity index is 1.78. The molecule has 2 nitrogen and oxygen atoms in total. The van der Waals surface area contributed by atoms with Crippen molar-refractivity contribution in [2.45, 2.75) is 57.4 Å². The molecule has 0 N–H and O–H groups in total. The zero-order chi connectivity index (χ0) is 23.5. The van der Waals surface area contributed by atoms with Crippen LogP contribution < -0.4 is 15.1 Å². The van der Waals surface area contributed by atoms with Gasteiger partial charge in [0.2, 0.25) is 0 Å². The molecule has 0 fully saturated rings. The molecule has 0 aromatic heterocycles. The largest absolute Gasteiger partial charge is 0.540 e. The fourth-order valence-corrected chi connectivity index (χ4v) is 9.65. The van der Waals surface area contributed by atoms with Gasteiger partial charge >= 0.3 is 8.32 Å². The first-order chi connectivity index (χ1) is 15.8. The van der Waals surface area contributed by atoms with Gasteiger partial charge in [0.25, 0.3) is 0 Å². The van der Waals surface area contributed by atoms with E-state index in [-0.39, 0.29) is 10.5 Å².